The summed E-state index contributed by atoms with van der Waals surface area (Å²) in [5, 5.41) is 18.6. The molecule has 1 N–H and O–H groups in total. The van der Waals surface area contributed by atoms with Crippen LogP contribution in [-0.2, 0) is 36.5 Å². The maximum absolute atomic E-state index is 14.6. The molecule has 256 valence electrons. The van der Waals surface area contributed by atoms with Crippen LogP contribution in [0.1, 0.15) is 110 Å². The maximum Gasteiger partial charge on any atom is 0.416 e. The molecule has 2 heterocycles. The van der Waals surface area contributed by atoms with Crippen molar-refractivity contribution in [3.63, 3.8) is 0 Å². The van der Waals surface area contributed by atoms with E-state index in [9.17, 15) is 27.9 Å². The van der Waals surface area contributed by atoms with Gasteiger partial charge < -0.3 is 19.3 Å². The number of aryl methyl sites for hydroxylation is 1. The van der Waals surface area contributed by atoms with Crippen molar-refractivity contribution >= 4 is 17.7 Å². The van der Waals surface area contributed by atoms with Crippen LogP contribution in [0.3, 0.4) is 0 Å². The predicted octanol–water partition coefficient (Wildman–Crippen LogP) is 6.90. The number of unbranched alkanes of at least 4 members (excludes halogenated alkanes) is 1. The fraction of sp³-hybridized carbons (Fsp3) is 0.556. The first-order valence-electron chi connectivity index (χ1n) is 16.9. The van der Waals surface area contributed by atoms with Gasteiger partial charge in [0.15, 0.2) is 0 Å². The summed E-state index contributed by atoms with van der Waals surface area (Å²) in [6, 6.07) is 10.0. The van der Waals surface area contributed by atoms with Crippen molar-refractivity contribution in [3.05, 3.63) is 76.4 Å². The smallest absolute Gasteiger partial charge is 0.416 e. The molecular formula is C36H42F3N5O4. The van der Waals surface area contributed by atoms with Crippen molar-refractivity contribution in [1.82, 2.24) is 19.7 Å². The molecule has 3 fully saturated rings. The first kappa shape index (κ1) is 32.6. The van der Waals surface area contributed by atoms with E-state index in [2.05, 4.69) is 10.2 Å². The van der Waals surface area contributed by atoms with Gasteiger partial charge in [-0.1, -0.05) is 25.5 Å². The second-order valence-corrected chi connectivity index (χ2v) is 14.8. The number of benzene rings is 2. The monoisotopic (exact) mass is 665 g/mol. The lowest BCUT2D eigenvalue weighted by Gasteiger charge is -2.62. The van der Waals surface area contributed by atoms with Crippen LogP contribution in [0, 0.1) is 5.41 Å². The van der Waals surface area contributed by atoms with E-state index in [1.807, 2.05) is 43.7 Å². The Morgan fingerprint density at radius 2 is 1.92 bits per heavy atom. The molecular weight excluding hydrogens is 623 g/mol. The number of hydrogen-bond donors (Lipinski definition) is 1. The SMILES string of the molecule is CCCCOC(=O)N(Cc1cc2c(c(C(F)(F)F)c1)CN(c1cccc(C3(c4nncn4C)CC4(CC(O)C4)C3)c1)C2=O)C1(C)CCC1. The molecule has 0 radical (unpaired) electrons. The van der Waals surface area contributed by atoms with Crippen molar-refractivity contribution < 1.29 is 32.6 Å². The normalized spacial score (nSPS) is 25.7. The molecule has 7 rings (SSSR count). The summed E-state index contributed by atoms with van der Waals surface area (Å²) in [4.78, 5) is 30.1. The number of halogens is 3. The second kappa shape index (κ2) is 11.6. The fourth-order valence-electron chi connectivity index (χ4n) is 8.66. The number of aromatic nitrogens is 3. The third-order valence-corrected chi connectivity index (χ3v) is 11.3. The van der Waals surface area contributed by atoms with E-state index in [-0.39, 0.29) is 47.9 Å². The van der Waals surface area contributed by atoms with Crippen LogP contribution in [0.4, 0.5) is 23.7 Å². The zero-order valence-corrected chi connectivity index (χ0v) is 27.6. The highest BCUT2D eigenvalue weighted by atomic mass is 19.4. The molecule has 3 aromatic rings. The number of amides is 2. The summed E-state index contributed by atoms with van der Waals surface area (Å²) in [5.41, 5.74) is -0.264. The van der Waals surface area contributed by atoms with Gasteiger partial charge in [0, 0.05) is 30.4 Å². The Hall–Kier alpha value is -3.93. The molecule has 0 saturated heterocycles. The topological polar surface area (TPSA) is 101 Å². The van der Waals surface area contributed by atoms with E-state index in [0.29, 0.717) is 12.1 Å². The van der Waals surface area contributed by atoms with E-state index in [0.717, 1.165) is 68.8 Å². The van der Waals surface area contributed by atoms with Gasteiger partial charge in [-0.25, -0.2) is 4.79 Å². The summed E-state index contributed by atoms with van der Waals surface area (Å²) in [6.07, 6.45) is 2.99. The van der Waals surface area contributed by atoms with Gasteiger partial charge in [0.2, 0.25) is 0 Å². The van der Waals surface area contributed by atoms with Gasteiger partial charge in [-0.05, 0) is 105 Å². The van der Waals surface area contributed by atoms with Crippen molar-refractivity contribution in [2.45, 2.75) is 108 Å². The van der Waals surface area contributed by atoms with Crippen LogP contribution in [0.2, 0.25) is 0 Å². The summed E-state index contributed by atoms with van der Waals surface area (Å²) in [7, 11) is 1.88. The number of ether oxygens (including phenoxy) is 1. The first-order chi connectivity index (χ1) is 22.8. The van der Waals surface area contributed by atoms with Crippen molar-refractivity contribution in [2.24, 2.45) is 12.5 Å². The van der Waals surface area contributed by atoms with E-state index in [1.165, 1.54) is 15.9 Å². The van der Waals surface area contributed by atoms with E-state index >= 15 is 0 Å². The zero-order valence-electron chi connectivity index (χ0n) is 27.6. The maximum atomic E-state index is 14.6. The highest BCUT2D eigenvalue weighted by Gasteiger charge is 2.62. The number of hydrogen-bond acceptors (Lipinski definition) is 6. The Morgan fingerprint density at radius 3 is 2.52 bits per heavy atom. The molecule has 2 aromatic carbocycles. The minimum Gasteiger partial charge on any atom is -0.449 e. The lowest BCUT2D eigenvalue weighted by atomic mass is 9.42. The third-order valence-electron chi connectivity index (χ3n) is 11.3. The minimum absolute atomic E-state index is 0.00245. The summed E-state index contributed by atoms with van der Waals surface area (Å²) < 4.78 is 51.3. The summed E-state index contributed by atoms with van der Waals surface area (Å²) in [6.45, 7) is 3.85. The number of nitrogens with zero attached hydrogens (tertiary/aromatic N) is 5. The van der Waals surface area contributed by atoms with Gasteiger partial charge in [0.05, 0.1) is 30.2 Å². The highest BCUT2D eigenvalue weighted by molar-refractivity contribution is 6.10. The Labute approximate surface area is 278 Å². The number of carbonyl (C=O) groups is 2. The van der Waals surface area contributed by atoms with Crippen molar-refractivity contribution in [2.75, 3.05) is 11.5 Å². The molecule has 0 bridgehead atoms. The lowest BCUT2D eigenvalue weighted by Crippen LogP contribution is -2.58. The average molecular weight is 666 g/mol. The second-order valence-electron chi connectivity index (χ2n) is 14.8. The Morgan fingerprint density at radius 1 is 1.17 bits per heavy atom. The first-order valence-corrected chi connectivity index (χ1v) is 16.9. The molecule has 1 aromatic heterocycles. The molecule has 9 nitrogen and oxygen atoms in total. The van der Waals surface area contributed by atoms with Gasteiger partial charge >= 0.3 is 12.3 Å². The van der Waals surface area contributed by atoms with Crippen LogP contribution < -0.4 is 4.90 Å². The quantitative estimate of drug-likeness (QED) is 0.250. The Kier molecular flexibility index (Phi) is 7.88. The van der Waals surface area contributed by atoms with Crippen molar-refractivity contribution in [1.29, 1.82) is 0 Å². The molecule has 2 amide bonds. The zero-order chi connectivity index (χ0) is 34.1. The van der Waals surface area contributed by atoms with E-state index in [1.54, 1.807) is 12.4 Å². The van der Waals surface area contributed by atoms with E-state index in [4.69, 9.17) is 4.74 Å². The standard InChI is InChI=1S/C36H42F3N5O4/c1-4-5-12-48-32(47)44(33(2)10-7-11-33)18-23-13-27-28(29(14-23)36(37,38)39)19-43(30(27)46)25-9-6-8-24(15-25)35(31-41-40-22-42(31)3)20-34(21-35)16-26(45)17-34/h6,8-9,13-15,22,26,45H,4-5,7,10-12,16-21H2,1-3H3. The summed E-state index contributed by atoms with van der Waals surface area (Å²) in [5.74, 6) is 0.269. The van der Waals surface area contributed by atoms with Gasteiger partial charge in [0.25, 0.3) is 5.91 Å². The van der Waals surface area contributed by atoms with Crippen LogP contribution >= 0.6 is 0 Å². The number of anilines is 1. The third kappa shape index (κ3) is 5.36. The number of rotatable bonds is 9. The molecule has 1 aliphatic heterocycles. The Bertz CT molecular complexity index is 1740. The fourth-order valence-corrected chi connectivity index (χ4v) is 8.66. The molecule has 3 saturated carbocycles. The minimum atomic E-state index is -4.70. The largest absolute Gasteiger partial charge is 0.449 e. The molecule has 12 heteroatoms. The number of carbonyl (C=O) groups excluding carboxylic acids is 2. The molecule has 4 aliphatic rings. The molecule has 0 atom stereocenters. The van der Waals surface area contributed by atoms with Gasteiger partial charge in [0.1, 0.15) is 12.2 Å². The van der Waals surface area contributed by atoms with Gasteiger partial charge in [-0.15, -0.1) is 10.2 Å². The molecule has 1 spiro atoms. The Balaban J connectivity index is 1.21. The predicted molar refractivity (Wildman–Crippen MR) is 171 cm³/mol. The number of fused-ring (bicyclic) bond motifs is 1. The molecule has 48 heavy (non-hydrogen) atoms. The lowest BCUT2D eigenvalue weighted by molar-refractivity contribution is -0.138. The number of aliphatic hydroxyl groups is 1. The number of aliphatic hydroxyl groups excluding tert-OH is 1. The average Bonchev–Trinajstić information content (AvgIpc) is 3.57. The van der Waals surface area contributed by atoms with Gasteiger partial charge in [-0.3, -0.25) is 9.69 Å². The van der Waals surface area contributed by atoms with E-state index < -0.39 is 34.7 Å². The summed E-state index contributed by atoms with van der Waals surface area (Å²) >= 11 is 0. The van der Waals surface area contributed by atoms with Crippen LogP contribution in [0.5, 0.6) is 0 Å². The number of alkyl halides is 3. The molecule has 0 unspecified atom stereocenters. The van der Waals surface area contributed by atoms with Crippen LogP contribution in [0.25, 0.3) is 0 Å². The van der Waals surface area contributed by atoms with Gasteiger partial charge in [-0.2, -0.15) is 13.2 Å². The molecule has 3 aliphatic carbocycles. The van der Waals surface area contributed by atoms with Crippen LogP contribution in [-0.4, -0.2) is 55.0 Å². The highest BCUT2D eigenvalue weighted by Crippen LogP contribution is 2.67. The van der Waals surface area contributed by atoms with Crippen molar-refractivity contribution in [3.8, 4) is 0 Å². The van der Waals surface area contributed by atoms with Crippen LogP contribution in [0.15, 0.2) is 42.7 Å².